The minimum atomic E-state index is -3.62. The highest BCUT2D eigenvalue weighted by Crippen LogP contribution is 2.23. The summed E-state index contributed by atoms with van der Waals surface area (Å²) in [5, 5.41) is 2.72. The van der Waals surface area contributed by atoms with Crippen molar-refractivity contribution >= 4 is 43.2 Å². The normalized spacial score (nSPS) is 11.1. The Bertz CT molecular complexity index is 883. The van der Waals surface area contributed by atoms with Crippen molar-refractivity contribution in [1.82, 2.24) is 0 Å². The molecule has 2 aromatic carbocycles. The maximum absolute atomic E-state index is 12.4. The number of benzene rings is 2. The summed E-state index contributed by atoms with van der Waals surface area (Å²) in [5.74, 6) is 0.213. The molecule has 140 valence electrons. The lowest BCUT2D eigenvalue weighted by Gasteiger charge is -2.22. The summed E-state index contributed by atoms with van der Waals surface area (Å²) >= 11 is 3.40. The van der Waals surface area contributed by atoms with E-state index in [1.807, 2.05) is 26.0 Å². The van der Waals surface area contributed by atoms with Gasteiger partial charge >= 0.3 is 0 Å². The molecule has 2 rings (SSSR count). The molecular weight excluding hydrogens is 420 g/mol. The van der Waals surface area contributed by atoms with Crippen molar-refractivity contribution < 1.29 is 17.9 Å². The van der Waals surface area contributed by atoms with E-state index in [9.17, 15) is 13.2 Å². The SMILES string of the molecule is CCOc1ccc(N(CC(=O)Nc2ccc(Br)c(C)c2)S(C)(=O)=O)cc1. The predicted octanol–water partition coefficient (Wildman–Crippen LogP) is 3.56. The van der Waals surface area contributed by atoms with E-state index in [0.29, 0.717) is 23.7 Å². The third-order valence-electron chi connectivity index (χ3n) is 3.56. The molecule has 26 heavy (non-hydrogen) atoms. The average molecular weight is 441 g/mol. The molecule has 0 bridgehead atoms. The summed E-state index contributed by atoms with van der Waals surface area (Å²) in [5.41, 5.74) is 1.98. The van der Waals surface area contributed by atoms with Crippen LogP contribution in [-0.2, 0) is 14.8 Å². The molecule has 0 atom stereocenters. The second-order valence-electron chi connectivity index (χ2n) is 5.71. The molecule has 0 saturated heterocycles. The van der Waals surface area contributed by atoms with Crippen molar-refractivity contribution in [2.24, 2.45) is 0 Å². The lowest BCUT2D eigenvalue weighted by atomic mass is 10.2. The van der Waals surface area contributed by atoms with Crippen LogP contribution in [0.3, 0.4) is 0 Å². The van der Waals surface area contributed by atoms with E-state index in [-0.39, 0.29) is 6.54 Å². The Hall–Kier alpha value is -2.06. The van der Waals surface area contributed by atoms with Gasteiger partial charge in [-0.15, -0.1) is 0 Å². The molecule has 6 nitrogen and oxygen atoms in total. The van der Waals surface area contributed by atoms with E-state index >= 15 is 0 Å². The van der Waals surface area contributed by atoms with E-state index < -0.39 is 15.9 Å². The molecule has 1 N–H and O–H groups in total. The van der Waals surface area contributed by atoms with Crippen molar-refractivity contribution in [2.45, 2.75) is 13.8 Å². The number of anilines is 2. The zero-order valence-electron chi connectivity index (χ0n) is 14.8. The maximum atomic E-state index is 12.4. The summed E-state index contributed by atoms with van der Waals surface area (Å²) < 4.78 is 31.6. The molecule has 0 unspecified atom stereocenters. The van der Waals surface area contributed by atoms with Crippen molar-refractivity contribution in [3.8, 4) is 5.75 Å². The Labute approximate surface area is 162 Å². The molecule has 0 aliphatic rings. The molecule has 0 aliphatic carbocycles. The second kappa shape index (κ2) is 8.55. The monoisotopic (exact) mass is 440 g/mol. The predicted molar refractivity (Wildman–Crippen MR) is 107 cm³/mol. The Morgan fingerprint density at radius 3 is 2.38 bits per heavy atom. The van der Waals surface area contributed by atoms with Crippen LogP contribution in [0.25, 0.3) is 0 Å². The Kier molecular flexibility index (Phi) is 6.66. The van der Waals surface area contributed by atoms with Crippen molar-refractivity contribution in [3.05, 3.63) is 52.5 Å². The molecule has 8 heteroatoms. The fourth-order valence-corrected chi connectivity index (χ4v) is 3.43. The average Bonchev–Trinajstić information content (AvgIpc) is 2.56. The molecule has 0 heterocycles. The van der Waals surface area contributed by atoms with Gasteiger partial charge in [-0.3, -0.25) is 9.10 Å². The van der Waals surface area contributed by atoms with Gasteiger partial charge in [0.25, 0.3) is 0 Å². The van der Waals surface area contributed by atoms with Gasteiger partial charge in [0.15, 0.2) is 0 Å². The molecule has 2 aromatic rings. The maximum Gasteiger partial charge on any atom is 0.245 e. The summed E-state index contributed by atoms with van der Waals surface area (Å²) in [4.78, 5) is 12.4. The number of sulfonamides is 1. The van der Waals surface area contributed by atoms with Crippen LogP contribution in [0.2, 0.25) is 0 Å². The molecule has 0 spiro atoms. The number of carbonyl (C=O) groups is 1. The van der Waals surface area contributed by atoms with Crippen LogP contribution in [0.4, 0.5) is 11.4 Å². The number of hydrogen-bond acceptors (Lipinski definition) is 4. The molecule has 0 saturated carbocycles. The van der Waals surface area contributed by atoms with Gasteiger partial charge in [-0.1, -0.05) is 15.9 Å². The number of carbonyl (C=O) groups excluding carboxylic acids is 1. The first kappa shape index (κ1) is 20.3. The van der Waals surface area contributed by atoms with Gasteiger partial charge in [0, 0.05) is 10.2 Å². The van der Waals surface area contributed by atoms with Gasteiger partial charge in [-0.25, -0.2) is 8.42 Å². The number of ether oxygens (including phenoxy) is 1. The number of rotatable bonds is 7. The third kappa shape index (κ3) is 5.47. The highest BCUT2D eigenvalue weighted by Gasteiger charge is 2.21. The highest BCUT2D eigenvalue weighted by molar-refractivity contribution is 9.10. The van der Waals surface area contributed by atoms with Crippen LogP contribution < -0.4 is 14.4 Å². The van der Waals surface area contributed by atoms with E-state index in [0.717, 1.165) is 20.6 Å². The van der Waals surface area contributed by atoms with Crippen LogP contribution in [0.1, 0.15) is 12.5 Å². The standard InChI is InChI=1S/C18H21BrN2O4S/c1-4-25-16-8-6-15(7-9-16)21(26(3,23)24)12-18(22)20-14-5-10-17(19)13(2)11-14/h5-11H,4,12H2,1-3H3,(H,20,22). The van der Waals surface area contributed by atoms with Gasteiger partial charge < -0.3 is 10.1 Å². The molecule has 1 amide bonds. The highest BCUT2D eigenvalue weighted by atomic mass is 79.9. The number of amides is 1. The van der Waals surface area contributed by atoms with Gasteiger partial charge in [0.1, 0.15) is 12.3 Å². The number of aryl methyl sites for hydroxylation is 1. The summed E-state index contributed by atoms with van der Waals surface area (Å²) in [6.07, 6.45) is 1.07. The van der Waals surface area contributed by atoms with E-state index in [4.69, 9.17) is 4.74 Å². The van der Waals surface area contributed by atoms with Crippen LogP contribution in [-0.4, -0.2) is 33.7 Å². The van der Waals surface area contributed by atoms with E-state index in [1.54, 1.807) is 30.3 Å². The van der Waals surface area contributed by atoms with Gasteiger partial charge in [0.2, 0.25) is 15.9 Å². The minimum absolute atomic E-state index is 0.318. The topological polar surface area (TPSA) is 75.7 Å². The fraction of sp³-hybridized carbons (Fsp3) is 0.278. The zero-order chi connectivity index (χ0) is 19.3. The van der Waals surface area contributed by atoms with Crippen molar-refractivity contribution in [1.29, 1.82) is 0 Å². The second-order valence-corrected chi connectivity index (χ2v) is 8.47. The number of hydrogen-bond donors (Lipinski definition) is 1. The number of halogens is 1. The smallest absolute Gasteiger partial charge is 0.245 e. The van der Waals surface area contributed by atoms with Gasteiger partial charge in [0.05, 0.1) is 18.6 Å². The van der Waals surface area contributed by atoms with Gasteiger partial charge in [-0.2, -0.15) is 0 Å². The third-order valence-corrected chi connectivity index (χ3v) is 5.60. The lowest BCUT2D eigenvalue weighted by Crippen LogP contribution is -2.37. The zero-order valence-corrected chi connectivity index (χ0v) is 17.2. The summed E-state index contributed by atoms with van der Waals surface area (Å²) in [7, 11) is -3.62. The van der Waals surface area contributed by atoms with Crippen LogP contribution in [0.15, 0.2) is 46.9 Å². The Morgan fingerprint density at radius 1 is 1.19 bits per heavy atom. The Balaban J connectivity index is 2.17. The van der Waals surface area contributed by atoms with Crippen molar-refractivity contribution in [3.63, 3.8) is 0 Å². The number of nitrogens with one attached hydrogen (secondary N) is 1. The molecule has 0 aromatic heterocycles. The van der Waals surface area contributed by atoms with Gasteiger partial charge in [-0.05, 0) is 61.9 Å². The molecule has 0 radical (unpaired) electrons. The van der Waals surface area contributed by atoms with Crippen LogP contribution >= 0.6 is 15.9 Å². The first-order valence-corrected chi connectivity index (χ1v) is 10.6. The van der Waals surface area contributed by atoms with Crippen LogP contribution in [0, 0.1) is 6.92 Å². The summed E-state index contributed by atoms with van der Waals surface area (Å²) in [6, 6.07) is 12.0. The van der Waals surface area contributed by atoms with E-state index in [1.165, 1.54) is 0 Å². The largest absolute Gasteiger partial charge is 0.494 e. The molecule has 0 fully saturated rings. The Morgan fingerprint density at radius 2 is 1.85 bits per heavy atom. The lowest BCUT2D eigenvalue weighted by molar-refractivity contribution is -0.114. The minimum Gasteiger partial charge on any atom is -0.494 e. The number of nitrogens with zero attached hydrogens (tertiary/aromatic N) is 1. The molecular formula is C18H21BrN2O4S. The quantitative estimate of drug-likeness (QED) is 0.713. The fourth-order valence-electron chi connectivity index (χ4n) is 2.33. The van der Waals surface area contributed by atoms with Crippen LogP contribution in [0.5, 0.6) is 5.75 Å². The van der Waals surface area contributed by atoms with E-state index in [2.05, 4.69) is 21.2 Å². The van der Waals surface area contributed by atoms with Crippen molar-refractivity contribution in [2.75, 3.05) is 29.0 Å². The first-order valence-electron chi connectivity index (χ1n) is 7.97. The molecule has 0 aliphatic heterocycles. The summed E-state index contributed by atoms with van der Waals surface area (Å²) in [6.45, 7) is 3.97. The first-order chi connectivity index (χ1) is 12.2.